The summed E-state index contributed by atoms with van der Waals surface area (Å²) in [5.74, 6) is 0.293. The average molecular weight is 423 g/mol. The van der Waals surface area contributed by atoms with Crippen molar-refractivity contribution in [2.75, 3.05) is 6.54 Å². The molecule has 2 aromatic carbocycles. The molecule has 2 amide bonds. The first-order valence-corrected chi connectivity index (χ1v) is 11.3. The lowest BCUT2D eigenvalue weighted by molar-refractivity contribution is -0.129. The molecule has 0 aromatic heterocycles. The predicted molar refractivity (Wildman–Crippen MR) is 128 cm³/mol. The highest BCUT2D eigenvalue weighted by Crippen LogP contribution is 2.27. The van der Waals surface area contributed by atoms with Gasteiger partial charge in [-0.15, -0.1) is 0 Å². The summed E-state index contributed by atoms with van der Waals surface area (Å²) < 4.78 is 0. The van der Waals surface area contributed by atoms with E-state index in [-0.39, 0.29) is 29.1 Å². The fourth-order valence-electron chi connectivity index (χ4n) is 4.19. The summed E-state index contributed by atoms with van der Waals surface area (Å²) >= 11 is 0. The van der Waals surface area contributed by atoms with Crippen molar-refractivity contribution < 1.29 is 9.59 Å². The normalized spacial score (nSPS) is 13.5. The molecular formula is C27H38N2O2. The molecule has 2 atom stereocenters. The Morgan fingerprint density at radius 1 is 0.871 bits per heavy atom. The molecule has 4 nitrogen and oxygen atoms in total. The van der Waals surface area contributed by atoms with Gasteiger partial charge in [-0.2, -0.15) is 0 Å². The van der Waals surface area contributed by atoms with Crippen LogP contribution in [0.5, 0.6) is 0 Å². The molecule has 0 heterocycles. The summed E-state index contributed by atoms with van der Waals surface area (Å²) in [7, 11) is 0. The topological polar surface area (TPSA) is 58.2 Å². The van der Waals surface area contributed by atoms with E-state index in [0.717, 1.165) is 12.8 Å². The molecule has 0 aliphatic heterocycles. The quantitative estimate of drug-likeness (QED) is 0.546. The fraction of sp³-hybridized carbons (Fsp3) is 0.481. The van der Waals surface area contributed by atoms with Crippen LogP contribution in [-0.2, 0) is 9.59 Å². The molecular weight excluding hydrogens is 384 g/mol. The Morgan fingerprint density at radius 2 is 1.39 bits per heavy atom. The van der Waals surface area contributed by atoms with Gasteiger partial charge in [-0.25, -0.2) is 0 Å². The first-order valence-electron chi connectivity index (χ1n) is 11.3. The number of nitrogens with one attached hydrogen (secondary N) is 2. The molecule has 0 radical (unpaired) electrons. The van der Waals surface area contributed by atoms with Crippen LogP contribution in [0.15, 0.2) is 60.7 Å². The minimum Gasteiger partial charge on any atom is -0.354 e. The van der Waals surface area contributed by atoms with Crippen LogP contribution in [0.25, 0.3) is 0 Å². The van der Waals surface area contributed by atoms with E-state index in [2.05, 4.69) is 62.6 Å². The molecule has 2 unspecified atom stereocenters. The third-order valence-electron chi connectivity index (χ3n) is 5.40. The van der Waals surface area contributed by atoms with Crippen LogP contribution in [0.3, 0.4) is 0 Å². The largest absolute Gasteiger partial charge is 0.354 e. The number of amides is 2. The van der Waals surface area contributed by atoms with Crippen LogP contribution >= 0.6 is 0 Å². The molecule has 0 saturated heterocycles. The van der Waals surface area contributed by atoms with Gasteiger partial charge >= 0.3 is 0 Å². The van der Waals surface area contributed by atoms with Crippen LogP contribution in [0, 0.1) is 11.3 Å². The molecule has 168 valence electrons. The second-order valence-corrected chi connectivity index (χ2v) is 9.82. The Bertz CT molecular complexity index is 773. The van der Waals surface area contributed by atoms with Gasteiger partial charge in [0.15, 0.2) is 0 Å². The van der Waals surface area contributed by atoms with Gasteiger partial charge < -0.3 is 10.6 Å². The van der Waals surface area contributed by atoms with Crippen molar-refractivity contribution >= 4 is 11.8 Å². The van der Waals surface area contributed by atoms with Gasteiger partial charge in [-0.05, 0) is 42.2 Å². The number of rotatable bonds is 10. The Morgan fingerprint density at radius 3 is 1.87 bits per heavy atom. The van der Waals surface area contributed by atoms with Crippen LogP contribution in [-0.4, -0.2) is 24.4 Å². The highest BCUT2D eigenvalue weighted by Gasteiger charge is 2.21. The lowest BCUT2D eigenvalue weighted by atomic mass is 9.84. The van der Waals surface area contributed by atoms with Gasteiger partial charge in [0.05, 0.1) is 0 Å². The predicted octanol–water partition coefficient (Wildman–Crippen LogP) is 5.29. The summed E-state index contributed by atoms with van der Waals surface area (Å²) in [6.07, 6.45) is 2.21. The summed E-state index contributed by atoms with van der Waals surface area (Å²) in [5.41, 5.74) is 2.66. The Hall–Kier alpha value is -2.62. The van der Waals surface area contributed by atoms with E-state index in [9.17, 15) is 9.59 Å². The minimum atomic E-state index is -0.541. The number of hydrogen-bond donors (Lipinski definition) is 2. The van der Waals surface area contributed by atoms with Crippen molar-refractivity contribution in [3.8, 4) is 0 Å². The van der Waals surface area contributed by atoms with Crippen molar-refractivity contribution in [3.63, 3.8) is 0 Å². The highest BCUT2D eigenvalue weighted by atomic mass is 16.2. The summed E-state index contributed by atoms with van der Waals surface area (Å²) in [6, 6.07) is 20.2. The number of carbonyl (C=O) groups excluding carboxylic acids is 2. The molecule has 0 spiro atoms. The monoisotopic (exact) mass is 422 g/mol. The number of hydrogen-bond acceptors (Lipinski definition) is 2. The Kier molecular flexibility index (Phi) is 9.29. The van der Waals surface area contributed by atoms with E-state index >= 15 is 0 Å². The number of benzene rings is 2. The summed E-state index contributed by atoms with van der Waals surface area (Å²) in [4.78, 5) is 24.8. The van der Waals surface area contributed by atoms with E-state index in [0.29, 0.717) is 13.0 Å². The second kappa shape index (κ2) is 11.7. The third-order valence-corrected chi connectivity index (χ3v) is 5.40. The maximum Gasteiger partial charge on any atom is 0.242 e. The zero-order valence-corrected chi connectivity index (χ0v) is 19.7. The van der Waals surface area contributed by atoms with Crippen LogP contribution in [0.4, 0.5) is 0 Å². The SMILES string of the molecule is CC(CC(=O)NC(C)C(=O)NCCC(c1ccccc1)c1ccccc1)CC(C)(C)C. The molecule has 0 aliphatic carbocycles. The molecule has 2 aromatic rings. The standard InChI is InChI=1S/C27H38N2O2/c1-20(19-27(3,4)5)18-25(30)29-21(2)26(31)28-17-16-24(22-12-8-6-9-13-22)23-14-10-7-11-15-23/h6-15,20-21,24H,16-19H2,1-5H3,(H,28,31)(H,29,30). The van der Waals surface area contributed by atoms with Crippen molar-refractivity contribution in [1.29, 1.82) is 0 Å². The van der Waals surface area contributed by atoms with Gasteiger partial charge in [0.25, 0.3) is 0 Å². The fourth-order valence-corrected chi connectivity index (χ4v) is 4.19. The molecule has 2 rings (SSSR count). The maximum atomic E-state index is 12.5. The van der Waals surface area contributed by atoms with Gasteiger partial charge in [0.2, 0.25) is 11.8 Å². The third kappa shape index (κ3) is 8.95. The van der Waals surface area contributed by atoms with Crippen molar-refractivity contribution in [2.24, 2.45) is 11.3 Å². The smallest absolute Gasteiger partial charge is 0.242 e. The van der Waals surface area contributed by atoms with Crippen molar-refractivity contribution in [3.05, 3.63) is 71.8 Å². The maximum absolute atomic E-state index is 12.5. The van der Waals surface area contributed by atoms with E-state index in [1.807, 2.05) is 36.4 Å². The molecule has 31 heavy (non-hydrogen) atoms. The van der Waals surface area contributed by atoms with Crippen LogP contribution < -0.4 is 10.6 Å². The average Bonchev–Trinajstić information content (AvgIpc) is 2.70. The number of carbonyl (C=O) groups is 2. The van der Waals surface area contributed by atoms with Gasteiger partial charge in [-0.1, -0.05) is 88.4 Å². The van der Waals surface area contributed by atoms with Gasteiger partial charge in [-0.3, -0.25) is 9.59 Å². The molecule has 0 bridgehead atoms. The van der Waals surface area contributed by atoms with Gasteiger partial charge in [0, 0.05) is 18.9 Å². The van der Waals surface area contributed by atoms with E-state index in [1.54, 1.807) is 6.92 Å². The zero-order valence-electron chi connectivity index (χ0n) is 19.7. The first kappa shape index (κ1) is 24.6. The van der Waals surface area contributed by atoms with Gasteiger partial charge in [0.1, 0.15) is 6.04 Å². The summed E-state index contributed by atoms with van der Waals surface area (Å²) in [6.45, 7) is 10.9. The first-order chi connectivity index (χ1) is 14.7. The Balaban J connectivity index is 1.85. The van der Waals surface area contributed by atoms with E-state index in [1.165, 1.54) is 11.1 Å². The van der Waals surface area contributed by atoms with Crippen molar-refractivity contribution in [2.45, 2.75) is 65.8 Å². The van der Waals surface area contributed by atoms with Crippen molar-refractivity contribution in [1.82, 2.24) is 10.6 Å². The Labute approximate surface area is 187 Å². The molecule has 0 saturated carbocycles. The zero-order chi connectivity index (χ0) is 22.9. The van der Waals surface area contributed by atoms with Crippen LogP contribution in [0.1, 0.15) is 70.9 Å². The van der Waals surface area contributed by atoms with Crippen LogP contribution in [0.2, 0.25) is 0 Å². The second-order valence-electron chi connectivity index (χ2n) is 9.82. The van der Waals surface area contributed by atoms with E-state index < -0.39 is 6.04 Å². The molecule has 4 heteroatoms. The lowest BCUT2D eigenvalue weighted by Gasteiger charge is -2.23. The van der Waals surface area contributed by atoms with E-state index in [4.69, 9.17) is 0 Å². The lowest BCUT2D eigenvalue weighted by Crippen LogP contribution is -2.45. The molecule has 0 aliphatic rings. The summed E-state index contributed by atoms with van der Waals surface area (Å²) in [5, 5.41) is 5.84. The molecule has 0 fully saturated rings. The highest BCUT2D eigenvalue weighted by molar-refractivity contribution is 5.87. The molecule has 2 N–H and O–H groups in total. The minimum absolute atomic E-state index is 0.0640.